The van der Waals surface area contributed by atoms with Crippen LogP contribution in [0.2, 0.25) is 5.02 Å². The van der Waals surface area contributed by atoms with E-state index in [0.717, 1.165) is 16.0 Å². The first-order valence-corrected chi connectivity index (χ1v) is 11.5. The second-order valence-electron chi connectivity index (χ2n) is 8.93. The summed E-state index contributed by atoms with van der Waals surface area (Å²) in [4.78, 5) is 41.6. The van der Waals surface area contributed by atoms with Gasteiger partial charge in [0.1, 0.15) is 5.54 Å². The number of imide groups is 1. The van der Waals surface area contributed by atoms with Crippen molar-refractivity contribution in [3.63, 3.8) is 0 Å². The predicted molar refractivity (Wildman–Crippen MR) is 128 cm³/mol. The van der Waals surface area contributed by atoms with E-state index in [9.17, 15) is 19.5 Å². The third-order valence-electron chi connectivity index (χ3n) is 6.89. The Morgan fingerprint density at radius 3 is 2.26 bits per heavy atom. The Balaban J connectivity index is 1.67. The van der Waals surface area contributed by atoms with Gasteiger partial charge in [-0.1, -0.05) is 77.8 Å². The first-order chi connectivity index (χ1) is 16.3. The van der Waals surface area contributed by atoms with Crippen LogP contribution >= 0.6 is 11.6 Å². The van der Waals surface area contributed by atoms with E-state index in [1.165, 1.54) is 0 Å². The minimum absolute atomic E-state index is 0.0477. The maximum atomic E-state index is 13.8. The van der Waals surface area contributed by atoms with Crippen LogP contribution in [0, 0.1) is 18.8 Å². The van der Waals surface area contributed by atoms with Crippen molar-refractivity contribution in [2.24, 2.45) is 11.8 Å². The molecule has 5 rings (SSSR count). The molecule has 0 aliphatic carbocycles. The fraction of sp³-hybridized carbons (Fsp3) is 0.222. The number of benzene rings is 3. The highest BCUT2D eigenvalue weighted by Gasteiger charge is 2.68. The van der Waals surface area contributed by atoms with Crippen LogP contribution in [0.25, 0.3) is 0 Å². The molecule has 4 atom stereocenters. The number of carboxylic acids is 1. The molecule has 0 aromatic heterocycles. The standard InChI is InChI=1S/C27H23ClN2O4/c1-16-11-13-18(14-12-16)30-24(31)21-22(25(30)32)27(26(33)34,15-17-7-3-2-4-8-17)29-23(21)19-9-5-6-10-20(19)28/h2-14,21-23,29H,15H2,1H3,(H,33,34)/t21-,22+,23-,27-/m0/s1. The Bertz CT molecular complexity index is 1280. The average Bonchev–Trinajstić information content (AvgIpc) is 3.30. The second-order valence-corrected chi connectivity index (χ2v) is 9.34. The number of fused-ring (bicyclic) bond motifs is 1. The second kappa shape index (κ2) is 8.38. The van der Waals surface area contributed by atoms with Crippen LogP contribution in [0.4, 0.5) is 5.69 Å². The highest BCUT2D eigenvalue weighted by atomic mass is 35.5. The van der Waals surface area contributed by atoms with Crippen molar-refractivity contribution in [3.05, 3.63) is 101 Å². The number of aliphatic carboxylic acids is 1. The highest BCUT2D eigenvalue weighted by molar-refractivity contribution is 6.31. The first-order valence-electron chi connectivity index (χ1n) is 11.1. The van der Waals surface area contributed by atoms with Crippen molar-refractivity contribution in [3.8, 4) is 0 Å². The molecule has 0 unspecified atom stereocenters. The lowest BCUT2D eigenvalue weighted by Gasteiger charge is -2.31. The van der Waals surface area contributed by atoms with Crippen molar-refractivity contribution in [1.29, 1.82) is 0 Å². The molecule has 6 nitrogen and oxygen atoms in total. The number of carbonyl (C=O) groups excluding carboxylic acids is 2. The highest BCUT2D eigenvalue weighted by Crippen LogP contribution is 2.51. The molecule has 2 aliphatic rings. The van der Waals surface area contributed by atoms with Gasteiger partial charge in [-0.2, -0.15) is 0 Å². The number of rotatable bonds is 5. The van der Waals surface area contributed by atoms with E-state index in [4.69, 9.17) is 11.6 Å². The lowest BCUT2D eigenvalue weighted by atomic mass is 9.76. The lowest BCUT2D eigenvalue weighted by molar-refractivity contribution is -0.148. The van der Waals surface area contributed by atoms with Crippen molar-refractivity contribution >= 4 is 35.1 Å². The summed E-state index contributed by atoms with van der Waals surface area (Å²) in [7, 11) is 0. The Morgan fingerprint density at radius 1 is 0.971 bits per heavy atom. The average molecular weight is 475 g/mol. The monoisotopic (exact) mass is 474 g/mol. The van der Waals surface area contributed by atoms with Gasteiger partial charge in [-0.15, -0.1) is 0 Å². The molecule has 0 radical (unpaired) electrons. The third kappa shape index (κ3) is 3.42. The van der Waals surface area contributed by atoms with Gasteiger partial charge in [0.05, 0.1) is 17.5 Å². The molecule has 2 saturated heterocycles. The maximum Gasteiger partial charge on any atom is 0.325 e. The minimum Gasteiger partial charge on any atom is -0.480 e. The Labute approximate surface area is 202 Å². The molecule has 0 spiro atoms. The van der Waals surface area contributed by atoms with Crippen LogP contribution in [0.1, 0.15) is 22.7 Å². The molecule has 3 aromatic carbocycles. The molecule has 3 aromatic rings. The minimum atomic E-state index is -1.68. The SMILES string of the molecule is Cc1ccc(N2C(=O)[C@@H]3[C@H](c4ccccc4Cl)N[C@](Cc4ccccc4)(C(=O)O)[C@H]3C2=O)cc1. The van der Waals surface area contributed by atoms with Gasteiger partial charge in [-0.3, -0.25) is 19.7 Å². The van der Waals surface area contributed by atoms with E-state index in [-0.39, 0.29) is 6.42 Å². The van der Waals surface area contributed by atoms with Gasteiger partial charge in [0, 0.05) is 17.5 Å². The van der Waals surface area contributed by atoms with Gasteiger partial charge in [-0.25, -0.2) is 4.90 Å². The van der Waals surface area contributed by atoms with Crippen LogP contribution in [-0.4, -0.2) is 28.4 Å². The van der Waals surface area contributed by atoms with Gasteiger partial charge in [0.2, 0.25) is 11.8 Å². The molecule has 34 heavy (non-hydrogen) atoms. The van der Waals surface area contributed by atoms with Crippen molar-refractivity contribution in [2.75, 3.05) is 4.90 Å². The fourth-order valence-corrected chi connectivity index (χ4v) is 5.55. The zero-order valence-corrected chi connectivity index (χ0v) is 19.2. The fourth-order valence-electron chi connectivity index (χ4n) is 5.30. The van der Waals surface area contributed by atoms with E-state index in [1.807, 2.05) is 49.4 Å². The topological polar surface area (TPSA) is 86.7 Å². The number of hydrogen-bond acceptors (Lipinski definition) is 4. The lowest BCUT2D eigenvalue weighted by Crippen LogP contribution is -2.57. The maximum absolute atomic E-state index is 13.8. The van der Waals surface area contributed by atoms with E-state index in [0.29, 0.717) is 16.3 Å². The van der Waals surface area contributed by atoms with Crippen molar-refractivity contribution in [2.45, 2.75) is 24.9 Å². The summed E-state index contributed by atoms with van der Waals surface area (Å²) in [5.74, 6) is -4.12. The molecule has 0 bridgehead atoms. The number of aryl methyl sites for hydroxylation is 1. The van der Waals surface area contributed by atoms with Crippen molar-refractivity contribution < 1.29 is 19.5 Å². The normalized spacial score (nSPS) is 26.1. The molecule has 2 heterocycles. The largest absolute Gasteiger partial charge is 0.480 e. The number of carboxylic acid groups (broad SMARTS) is 1. The number of halogens is 1. The van der Waals surface area contributed by atoms with Gasteiger partial charge in [-0.05, 0) is 36.2 Å². The summed E-state index contributed by atoms with van der Waals surface area (Å²) in [5, 5.41) is 14.1. The Kier molecular flexibility index (Phi) is 5.50. The molecule has 2 fully saturated rings. The van der Waals surface area contributed by atoms with Gasteiger partial charge < -0.3 is 5.11 Å². The molecule has 2 N–H and O–H groups in total. The summed E-state index contributed by atoms with van der Waals surface area (Å²) in [6.45, 7) is 1.92. The molecule has 0 saturated carbocycles. The van der Waals surface area contributed by atoms with Crippen LogP contribution in [0.5, 0.6) is 0 Å². The zero-order chi connectivity index (χ0) is 24.0. The van der Waals surface area contributed by atoms with Gasteiger partial charge in [0.25, 0.3) is 0 Å². The summed E-state index contributed by atoms with van der Waals surface area (Å²) in [6.07, 6.45) is 0.0477. The summed E-state index contributed by atoms with van der Waals surface area (Å²) in [6, 6.07) is 22.5. The molecular weight excluding hydrogens is 452 g/mol. The molecule has 2 aliphatic heterocycles. The smallest absolute Gasteiger partial charge is 0.325 e. The van der Waals surface area contributed by atoms with E-state index >= 15 is 0 Å². The van der Waals surface area contributed by atoms with Gasteiger partial charge >= 0.3 is 5.97 Å². The van der Waals surface area contributed by atoms with Crippen LogP contribution < -0.4 is 10.2 Å². The Hall–Kier alpha value is -3.48. The molecule has 7 heteroatoms. The third-order valence-corrected chi connectivity index (χ3v) is 7.24. The summed E-state index contributed by atoms with van der Waals surface area (Å²) in [5.41, 5.74) is 1.10. The number of nitrogens with one attached hydrogen (secondary N) is 1. The Morgan fingerprint density at radius 2 is 1.62 bits per heavy atom. The van der Waals surface area contributed by atoms with E-state index in [1.54, 1.807) is 36.4 Å². The summed E-state index contributed by atoms with van der Waals surface area (Å²) >= 11 is 6.49. The molecular formula is C27H23ClN2O4. The first kappa shape index (κ1) is 22.3. The number of amides is 2. The summed E-state index contributed by atoms with van der Waals surface area (Å²) < 4.78 is 0. The number of nitrogens with zero attached hydrogens (tertiary/aromatic N) is 1. The van der Waals surface area contributed by atoms with Crippen LogP contribution in [-0.2, 0) is 20.8 Å². The van der Waals surface area contributed by atoms with Crippen LogP contribution in [0.3, 0.4) is 0 Å². The zero-order valence-electron chi connectivity index (χ0n) is 18.4. The van der Waals surface area contributed by atoms with E-state index < -0.39 is 41.2 Å². The molecule has 172 valence electrons. The molecule has 2 amide bonds. The van der Waals surface area contributed by atoms with Gasteiger partial charge in [0.15, 0.2) is 0 Å². The predicted octanol–water partition coefficient (Wildman–Crippen LogP) is 4.16. The van der Waals surface area contributed by atoms with E-state index in [2.05, 4.69) is 5.32 Å². The number of hydrogen-bond donors (Lipinski definition) is 2. The number of anilines is 1. The number of carbonyl (C=O) groups is 3. The quantitative estimate of drug-likeness (QED) is 0.542. The van der Waals surface area contributed by atoms with Crippen LogP contribution in [0.15, 0.2) is 78.9 Å². The van der Waals surface area contributed by atoms with Crippen molar-refractivity contribution in [1.82, 2.24) is 5.32 Å².